The van der Waals surface area contributed by atoms with Gasteiger partial charge in [-0.05, 0) is 86.9 Å². The van der Waals surface area contributed by atoms with E-state index in [4.69, 9.17) is 19.2 Å². The van der Waals surface area contributed by atoms with Gasteiger partial charge in [0.15, 0.2) is 16.7 Å². The van der Waals surface area contributed by atoms with Crippen molar-refractivity contribution >= 4 is 50.5 Å². The fourth-order valence-electron chi connectivity index (χ4n) is 4.10. The molecule has 1 aliphatic heterocycles. The van der Waals surface area contributed by atoms with Crippen molar-refractivity contribution < 1.29 is 19.0 Å². The third-order valence-electron chi connectivity index (χ3n) is 6.14. The number of thioether (sulfide) groups is 1. The summed E-state index contributed by atoms with van der Waals surface area (Å²) in [5.74, 6) is 1.82. The van der Waals surface area contributed by atoms with Gasteiger partial charge in [0, 0.05) is 0 Å². The van der Waals surface area contributed by atoms with Crippen molar-refractivity contribution in [2.75, 3.05) is 14.2 Å². The van der Waals surface area contributed by atoms with Crippen LogP contribution in [-0.2, 0) is 17.9 Å². The molecule has 0 unspecified atom stereocenters. The Balaban J connectivity index is 1.43. The molecule has 4 aromatic rings. The van der Waals surface area contributed by atoms with Crippen LogP contribution >= 0.6 is 27.7 Å². The van der Waals surface area contributed by atoms with Crippen LogP contribution in [0.3, 0.4) is 0 Å². The highest BCUT2D eigenvalue weighted by molar-refractivity contribution is 9.10. The Kier molecular flexibility index (Phi) is 8.88. The molecule has 1 aliphatic rings. The highest BCUT2D eigenvalue weighted by Crippen LogP contribution is 2.40. The lowest BCUT2D eigenvalue weighted by Crippen LogP contribution is -2.28. The molecule has 0 bridgehead atoms. The molecule has 1 fully saturated rings. The van der Waals surface area contributed by atoms with Crippen molar-refractivity contribution in [3.05, 3.63) is 123 Å². The summed E-state index contributed by atoms with van der Waals surface area (Å²) in [6.07, 6.45) is 1.86. The van der Waals surface area contributed by atoms with E-state index in [1.54, 1.807) is 19.1 Å². The standard InChI is InChI=1S/C32H27BrN2O4S/c1-37-26-15-13-22(14-16-26)20-35-31(36)29(40-32(35)34-25-11-7-4-8-12-25)19-24-17-27(33)30(28(18-24)38-2)39-21-23-9-5-3-6-10-23/h3-19H,20-21H2,1-2H3/b29-19-,34-32?. The number of hydrogen-bond donors (Lipinski definition) is 0. The second kappa shape index (κ2) is 12.9. The van der Waals surface area contributed by atoms with Gasteiger partial charge in [0.05, 0.1) is 35.8 Å². The molecule has 0 N–H and O–H groups in total. The Labute approximate surface area is 246 Å². The molecule has 1 heterocycles. The van der Waals surface area contributed by atoms with Gasteiger partial charge in [-0.2, -0.15) is 0 Å². The summed E-state index contributed by atoms with van der Waals surface area (Å²) in [5.41, 5.74) is 3.61. The maximum Gasteiger partial charge on any atom is 0.267 e. The van der Waals surface area contributed by atoms with Crippen LogP contribution in [0.5, 0.6) is 17.2 Å². The monoisotopic (exact) mass is 614 g/mol. The van der Waals surface area contributed by atoms with Crippen molar-refractivity contribution in [3.8, 4) is 17.2 Å². The number of carbonyl (C=O) groups excluding carboxylic acids is 1. The van der Waals surface area contributed by atoms with Crippen LogP contribution in [0.15, 0.2) is 111 Å². The largest absolute Gasteiger partial charge is 0.497 e. The van der Waals surface area contributed by atoms with Crippen LogP contribution in [0, 0.1) is 0 Å². The van der Waals surface area contributed by atoms with Gasteiger partial charge in [-0.25, -0.2) is 4.99 Å². The maximum atomic E-state index is 13.7. The summed E-state index contributed by atoms with van der Waals surface area (Å²) in [7, 11) is 3.23. The smallest absolute Gasteiger partial charge is 0.267 e. The molecule has 0 atom stereocenters. The summed E-state index contributed by atoms with van der Waals surface area (Å²) in [5, 5.41) is 0.618. The van der Waals surface area contributed by atoms with Crippen LogP contribution in [-0.4, -0.2) is 30.2 Å². The first-order valence-electron chi connectivity index (χ1n) is 12.6. The highest BCUT2D eigenvalue weighted by Gasteiger charge is 2.33. The number of carbonyl (C=O) groups is 1. The fourth-order valence-corrected chi connectivity index (χ4v) is 5.67. The average Bonchev–Trinajstić information content (AvgIpc) is 3.26. The molecule has 0 aromatic heterocycles. The third-order valence-corrected chi connectivity index (χ3v) is 7.74. The van der Waals surface area contributed by atoms with Gasteiger partial charge in [-0.3, -0.25) is 9.69 Å². The van der Waals surface area contributed by atoms with Gasteiger partial charge in [0.1, 0.15) is 12.4 Å². The predicted molar refractivity (Wildman–Crippen MR) is 164 cm³/mol. The molecule has 40 heavy (non-hydrogen) atoms. The van der Waals surface area contributed by atoms with Crippen molar-refractivity contribution in [2.24, 2.45) is 4.99 Å². The van der Waals surface area contributed by atoms with E-state index in [1.165, 1.54) is 11.8 Å². The molecule has 0 radical (unpaired) electrons. The molecular weight excluding hydrogens is 588 g/mol. The fraction of sp³-hybridized carbons (Fsp3) is 0.125. The number of nitrogens with zero attached hydrogens (tertiary/aromatic N) is 2. The van der Waals surface area contributed by atoms with Gasteiger partial charge in [-0.1, -0.05) is 60.7 Å². The third kappa shape index (κ3) is 6.58. The molecule has 0 spiro atoms. The summed E-state index contributed by atoms with van der Waals surface area (Å²) < 4.78 is 17.7. The average molecular weight is 616 g/mol. The molecule has 8 heteroatoms. The molecule has 1 saturated heterocycles. The normalized spacial score (nSPS) is 15.1. The molecule has 6 nitrogen and oxygen atoms in total. The van der Waals surface area contributed by atoms with Crippen molar-refractivity contribution in [3.63, 3.8) is 0 Å². The van der Waals surface area contributed by atoms with E-state index < -0.39 is 0 Å². The Hall–Kier alpha value is -4.01. The lowest BCUT2D eigenvalue weighted by Gasteiger charge is -2.16. The minimum Gasteiger partial charge on any atom is -0.497 e. The van der Waals surface area contributed by atoms with Gasteiger partial charge in [-0.15, -0.1) is 0 Å². The van der Waals surface area contributed by atoms with Crippen LogP contribution in [0.4, 0.5) is 5.69 Å². The van der Waals surface area contributed by atoms with Gasteiger partial charge in [0.25, 0.3) is 5.91 Å². The number of halogens is 1. The number of rotatable bonds is 9. The number of methoxy groups -OCH3 is 2. The van der Waals surface area contributed by atoms with E-state index >= 15 is 0 Å². The van der Waals surface area contributed by atoms with E-state index in [0.717, 1.165) is 32.6 Å². The number of aliphatic imine (C=N–C) groups is 1. The zero-order chi connectivity index (χ0) is 27.9. The Morgan fingerprint density at radius 2 is 1.57 bits per heavy atom. The quantitative estimate of drug-likeness (QED) is 0.180. The zero-order valence-electron chi connectivity index (χ0n) is 22.0. The van der Waals surface area contributed by atoms with E-state index in [-0.39, 0.29) is 5.91 Å². The van der Waals surface area contributed by atoms with Crippen molar-refractivity contribution in [2.45, 2.75) is 13.2 Å². The zero-order valence-corrected chi connectivity index (χ0v) is 24.4. The van der Waals surface area contributed by atoms with Gasteiger partial charge < -0.3 is 14.2 Å². The van der Waals surface area contributed by atoms with Crippen molar-refractivity contribution in [1.29, 1.82) is 0 Å². The topological polar surface area (TPSA) is 60.4 Å². The first-order chi connectivity index (χ1) is 19.5. The van der Waals surface area contributed by atoms with Crippen LogP contribution in [0.25, 0.3) is 6.08 Å². The highest BCUT2D eigenvalue weighted by atomic mass is 79.9. The first-order valence-corrected chi connectivity index (χ1v) is 14.2. The lowest BCUT2D eigenvalue weighted by molar-refractivity contribution is -0.122. The van der Waals surface area contributed by atoms with Crippen LogP contribution in [0.1, 0.15) is 16.7 Å². The maximum absolute atomic E-state index is 13.7. The number of amides is 1. The minimum atomic E-state index is -0.116. The van der Waals surface area contributed by atoms with Gasteiger partial charge in [0.2, 0.25) is 0 Å². The van der Waals surface area contributed by atoms with E-state index in [9.17, 15) is 4.79 Å². The molecule has 5 rings (SSSR count). The number of benzene rings is 4. The second-order valence-corrected chi connectivity index (χ2v) is 10.8. The minimum absolute atomic E-state index is 0.116. The number of hydrogen-bond acceptors (Lipinski definition) is 6. The SMILES string of the molecule is COc1ccc(CN2C(=O)/C(=C/c3cc(Br)c(OCc4ccccc4)c(OC)c3)SC2=Nc2ccccc2)cc1. The predicted octanol–water partition coefficient (Wildman–Crippen LogP) is 7.85. The second-order valence-electron chi connectivity index (χ2n) is 8.89. The van der Waals surface area contributed by atoms with Crippen LogP contribution in [0.2, 0.25) is 0 Å². The number of para-hydroxylation sites is 1. The van der Waals surface area contributed by atoms with Gasteiger partial charge >= 0.3 is 0 Å². The molecule has 0 saturated carbocycles. The van der Waals surface area contributed by atoms with E-state index in [0.29, 0.717) is 34.7 Å². The Bertz CT molecular complexity index is 1540. The number of ether oxygens (including phenoxy) is 3. The molecule has 202 valence electrons. The molecule has 1 amide bonds. The summed E-state index contributed by atoms with van der Waals surface area (Å²) in [6, 6.07) is 31.0. The Morgan fingerprint density at radius 1 is 0.875 bits per heavy atom. The lowest BCUT2D eigenvalue weighted by atomic mass is 10.1. The summed E-state index contributed by atoms with van der Waals surface area (Å²) in [6.45, 7) is 0.794. The molecule has 4 aromatic carbocycles. The molecule has 0 aliphatic carbocycles. The summed E-state index contributed by atoms with van der Waals surface area (Å²) >= 11 is 4.98. The molecular formula is C32H27BrN2O4S. The number of amidine groups is 1. The van der Waals surface area contributed by atoms with Crippen LogP contribution < -0.4 is 14.2 Å². The van der Waals surface area contributed by atoms with E-state index in [2.05, 4.69) is 15.9 Å². The summed E-state index contributed by atoms with van der Waals surface area (Å²) in [4.78, 5) is 20.7. The first kappa shape index (κ1) is 27.6. The van der Waals surface area contributed by atoms with Crippen molar-refractivity contribution in [1.82, 2.24) is 4.90 Å². The van der Waals surface area contributed by atoms with E-state index in [1.807, 2.05) is 103 Å². The Morgan fingerprint density at radius 3 is 2.25 bits per heavy atom.